The number of nitrogens with one attached hydrogen (secondary N) is 2. The molecule has 4 N–H and O–H groups in total. The van der Waals surface area contributed by atoms with Crippen molar-refractivity contribution < 1.29 is 27.7 Å². The third kappa shape index (κ3) is 3.83. The predicted molar refractivity (Wildman–Crippen MR) is 113 cm³/mol. The Labute approximate surface area is 190 Å². The monoisotopic (exact) mass is 494 g/mol. The van der Waals surface area contributed by atoms with Gasteiger partial charge in [0.15, 0.2) is 5.69 Å². The number of halogens is 3. The third-order valence-electron chi connectivity index (χ3n) is 4.93. The van der Waals surface area contributed by atoms with E-state index in [-0.39, 0.29) is 32.0 Å². The molecule has 0 aliphatic heterocycles. The number of aryl methyl sites for hydroxylation is 1. The van der Waals surface area contributed by atoms with Crippen LogP contribution in [-0.2, 0) is 13.2 Å². The van der Waals surface area contributed by atoms with Gasteiger partial charge in [-0.1, -0.05) is 5.10 Å². The van der Waals surface area contributed by atoms with Crippen LogP contribution in [0.5, 0.6) is 0 Å². The molecule has 4 heterocycles. The van der Waals surface area contributed by atoms with E-state index in [0.29, 0.717) is 22.6 Å². The zero-order valence-electron chi connectivity index (χ0n) is 17.2. The van der Waals surface area contributed by atoms with Gasteiger partial charge < -0.3 is 21.2 Å². The predicted octanol–water partition coefficient (Wildman–Crippen LogP) is 3.01. The molecule has 176 valence electrons. The van der Waals surface area contributed by atoms with E-state index in [2.05, 4.69) is 25.6 Å². The van der Waals surface area contributed by atoms with Crippen molar-refractivity contribution in [2.75, 3.05) is 5.32 Å². The minimum Gasteiger partial charge on any atom is -0.365 e. The van der Waals surface area contributed by atoms with Gasteiger partial charge in [-0.05, 0) is 23.5 Å². The van der Waals surface area contributed by atoms with Crippen molar-refractivity contribution >= 4 is 44.9 Å². The summed E-state index contributed by atoms with van der Waals surface area (Å²) in [6, 6.07) is 1.65. The van der Waals surface area contributed by atoms with Gasteiger partial charge in [-0.15, -0.1) is 16.4 Å². The van der Waals surface area contributed by atoms with Gasteiger partial charge in [0.2, 0.25) is 0 Å². The second-order valence-electron chi connectivity index (χ2n) is 7.02. The van der Waals surface area contributed by atoms with Crippen molar-refractivity contribution in [2.24, 2.45) is 12.8 Å². The first-order valence-electron chi connectivity index (χ1n) is 9.23. The van der Waals surface area contributed by atoms with Crippen LogP contribution in [0.25, 0.3) is 21.3 Å². The average Bonchev–Trinajstić information content (AvgIpc) is 3.45. The number of carbonyl (C=O) groups is 2. The van der Waals surface area contributed by atoms with Crippen LogP contribution in [0.4, 0.5) is 24.7 Å². The molecule has 16 heteroatoms. The summed E-state index contributed by atoms with van der Waals surface area (Å²) >= 11 is 0.567. The zero-order valence-corrected chi connectivity index (χ0v) is 18.0. The standard InChI is InChI=1S/C18H13F3N8O4S/c1-6-8(5-23-28(6)2)7-3-10(18(19,20)21)24-17-12(7)13(14(34-17)15(22)30)25-16(31)9-4-11(27-26-9)29(32)33/h3-5H,1-2H3,(H2,22,30)(H,25,31)(H,26,27). The number of aromatic amines is 1. The summed E-state index contributed by atoms with van der Waals surface area (Å²) in [6.07, 6.45) is -3.46. The van der Waals surface area contributed by atoms with Gasteiger partial charge in [-0.25, -0.2) is 4.98 Å². The van der Waals surface area contributed by atoms with E-state index in [4.69, 9.17) is 5.73 Å². The Morgan fingerprint density at radius 2 is 2.00 bits per heavy atom. The first kappa shape index (κ1) is 22.8. The maximum atomic E-state index is 13.6. The number of nitro groups is 1. The quantitative estimate of drug-likeness (QED) is 0.282. The van der Waals surface area contributed by atoms with E-state index in [1.54, 1.807) is 14.0 Å². The molecule has 0 fully saturated rings. The maximum absolute atomic E-state index is 13.6. The number of nitrogens with two attached hydrogens (primary N) is 1. The summed E-state index contributed by atoms with van der Waals surface area (Å²) in [6.45, 7) is 1.63. The molecule has 0 aromatic carbocycles. The van der Waals surface area contributed by atoms with Gasteiger partial charge in [-0.3, -0.25) is 14.3 Å². The molecule has 0 bridgehead atoms. The lowest BCUT2D eigenvalue weighted by Gasteiger charge is -2.12. The molecule has 0 atom stereocenters. The number of fused-ring (bicyclic) bond motifs is 1. The number of aromatic nitrogens is 5. The van der Waals surface area contributed by atoms with Crippen LogP contribution >= 0.6 is 11.3 Å². The van der Waals surface area contributed by atoms with Crippen LogP contribution in [0.15, 0.2) is 18.3 Å². The number of pyridine rings is 1. The highest BCUT2D eigenvalue weighted by molar-refractivity contribution is 7.21. The number of hydrogen-bond donors (Lipinski definition) is 3. The van der Waals surface area contributed by atoms with Crippen molar-refractivity contribution in [3.63, 3.8) is 0 Å². The Morgan fingerprint density at radius 3 is 2.53 bits per heavy atom. The molecule has 0 saturated heterocycles. The lowest BCUT2D eigenvalue weighted by atomic mass is 10.0. The van der Waals surface area contributed by atoms with Crippen molar-refractivity contribution in [3.05, 3.63) is 50.4 Å². The van der Waals surface area contributed by atoms with Crippen LogP contribution in [-0.4, -0.2) is 41.7 Å². The zero-order chi connectivity index (χ0) is 24.9. The molecule has 4 aromatic heterocycles. The van der Waals surface area contributed by atoms with Crippen molar-refractivity contribution in [1.29, 1.82) is 0 Å². The van der Waals surface area contributed by atoms with E-state index < -0.39 is 34.4 Å². The Kier molecular flexibility index (Phi) is 5.31. The normalized spacial score (nSPS) is 11.7. The third-order valence-corrected chi connectivity index (χ3v) is 6.03. The molecule has 0 aliphatic rings. The second kappa shape index (κ2) is 7.91. The van der Waals surface area contributed by atoms with E-state index in [1.807, 2.05) is 0 Å². The number of carbonyl (C=O) groups excluding carboxylic acids is 2. The smallest absolute Gasteiger partial charge is 0.365 e. The van der Waals surface area contributed by atoms with Crippen LogP contribution in [0, 0.1) is 17.0 Å². The minimum atomic E-state index is -4.80. The van der Waals surface area contributed by atoms with Crippen LogP contribution < -0.4 is 11.1 Å². The lowest BCUT2D eigenvalue weighted by molar-refractivity contribution is -0.389. The summed E-state index contributed by atoms with van der Waals surface area (Å²) in [7, 11) is 1.59. The first-order valence-corrected chi connectivity index (χ1v) is 10.0. The molecule has 2 amide bonds. The molecular formula is C18H13F3N8O4S. The maximum Gasteiger partial charge on any atom is 0.433 e. The fourth-order valence-corrected chi connectivity index (χ4v) is 4.22. The summed E-state index contributed by atoms with van der Waals surface area (Å²) < 4.78 is 42.2. The number of thiophene rings is 1. The molecule has 0 radical (unpaired) electrons. The van der Waals surface area contributed by atoms with Crippen molar-refractivity contribution in [1.82, 2.24) is 25.0 Å². The Balaban J connectivity index is 1.97. The molecule has 34 heavy (non-hydrogen) atoms. The topological polar surface area (TPSA) is 175 Å². The van der Waals surface area contributed by atoms with Crippen LogP contribution in [0.1, 0.15) is 31.5 Å². The van der Waals surface area contributed by atoms with E-state index >= 15 is 0 Å². The Hall–Kier alpha value is -4.34. The van der Waals surface area contributed by atoms with Gasteiger partial charge in [-0.2, -0.15) is 18.3 Å². The number of H-pyrrole nitrogens is 1. The average molecular weight is 494 g/mol. The fourth-order valence-electron chi connectivity index (χ4n) is 3.21. The highest BCUT2D eigenvalue weighted by atomic mass is 32.1. The summed E-state index contributed by atoms with van der Waals surface area (Å²) in [5.74, 6) is -2.53. The van der Waals surface area contributed by atoms with Crippen molar-refractivity contribution in [3.8, 4) is 11.1 Å². The second-order valence-corrected chi connectivity index (χ2v) is 8.02. The molecular weight excluding hydrogens is 481 g/mol. The number of primary amides is 1. The van der Waals surface area contributed by atoms with Gasteiger partial charge in [0, 0.05) is 23.7 Å². The van der Waals surface area contributed by atoms with Crippen LogP contribution in [0.3, 0.4) is 0 Å². The molecule has 4 aromatic rings. The minimum absolute atomic E-state index is 0.00924. The fraction of sp³-hybridized carbons (Fsp3) is 0.167. The van der Waals surface area contributed by atoms with Crippen molar-refractivity contribution in [2.45, 2.75) is 13.1 Å². The Morgan fingerprint density at radius 1 is 1.29 bits per heavy atom. The Bertz CT molecular complexity index is 1490. The lowest BCUT2D eigenvalue weighted by Crippen LogP contribution is -2.17. The van der Waals surface area contributed by atoms with E-state index in [9.17, 15) is 32.9 Å². The van der Waals surface area contributed by atoms with Gasteiger partial charge in [0.1, 0.15) is 15.4 Å². The molecule has 0 spiro atoms. The first-order chi connectivity index (χ1) is 15.9. The number of nitrogens with zero attached hydrogens (tertiary/aromatic N) is 5. The number of alkyl halides is 3. The molecule has 0 saturated carbocycles. The van der Waals surface area contributed by atoms with E-state index in [0.717, 1.165) is 12.1 Å². The highest BCUT2D eigenvalue weighted by Gasteiger charge is 2.35. The number of rotatable bonds is 5. The SMILES string of the molecule is Cc1c(-c2cc(C(F)(F)F)nc3sc(C(N)=O)c(NC(=O)c4cc([N+](=O)[O-])[nH]n4)c23)cnn1C. The van der Waals surface area contributed by atoms with E-state index in [1.165, 1.54) is 10.9 Å². The van der Waals surface area contributed by atoms with Gasteiger partial charge in [0.05, 0.1) is 18.0 Å². The molecule has 0 unspecified atom stereocenters. The summed E-state index contributed by atoms with van der Waals surface area (Å²) in [5.41, 5.74) is 4.46. The van der Waals surface area contributed by atoms with Crippen LogP contribution in [0.2, 0.25) is 0 Å². The van der Waals surface area contributed by atoms with Gasteiger partial charge in [0.25, 0.3) is 11.8 Å². The number of hydrogen-bond acceptors (Lipinski definition) is 8. The number of amides is 2. The van der Waals surface area contributed by atoms with Gasteiger partial charge >= 0.3 is 12.0 Å². The summed E-state index contributed by atoms with van der Waals surface area (Å²) in [5, 5.41) is 22.9. The molecule has 12 nitrogen and oxygen atoms in total. The molecule has 0 aliphatic carbocycles. The summed E-state index contributed by atoms with van der Waals surface area (Å²) in [4.78, 5) is 38.1. The number of anilines is 1. The largest absolute Gasteiger partial charge is 0.433 e. The highest BCUT2D eigenvalue weighted by Crippen LogP contribution is 2.44. The molecule has 4 rings (SSSR count).